The van der Waals surface area contributed by atoms with Gasteiger partial charge >= 0.3 is 0 Å². The van der Waals surface area contributed by atoms with Crippen molar-refractivity contribution in [3.63, 3.8) is 0 Å². The summed E-state index contributed by atoms with van der Waals surface area (Å²) >= 11 is 0. The molecule has 0 bridgehead atoms. The van der Waals surface area contributed by atoms with Gasteiger partial charge in [-0.1, -0.05) is 12.1 Å². The van der Waals surface area contributed by atoms with E-state index in [1.165, 1.54) is 5.56 Å². The summed E-state index contributed by atoms with van der Waals surface area (Å²) in [6, 6.07) is 7.93. The first-order chi connectivity index (χ1) is 6.26. The smallest absolute Gasteiger partial charge is 0.118 e. The largest absolute Gasteiger partial charge is 0.497 e. The molecule has 3 heteroatoms. The van der Waals surface area contributed by atoms with Crippen LogP contribution < -0.4 is 4.74 Å². The van der Waals surface area contributed by atoms with Crippen LogP contribution in [0, 0.1) is 0 Å². The summed E-state index contributed by atoms with van der Waals surface area (Å²) in [4.78, 5) is 5.01. The molecule has 1 rings (SSSR count). The minimum absolute atomic E-state index is 0.778. The standard InChI is InChI=1S/C10H15NO2/c1-11(13-3)8-9-4-6-10(12-2)7-5-9/h4-7H,8H2,1-3H3. The second kappa shape index (κ2) is 4.84. The van der Waals surface area contributed by atoms with Crippen molar-refractivity contribution in [2.45, 2.75) is 6.54 Å². The molecular formula is C10H15NO2. The summed E-state index contributed by atoms with van der Waals surface area (Å²) in [5.41, 5.74) is 1.20. The zero-order valence-corrected chi connectivity index (χ0v) is 8.28. The highest BCUT2D eigenvalue weighted by molar-refractivity contribution is 5.26. The SMILES string of the molecule is COc1ccc(CN(C)OC)cc1. The molecule has 0 unspecified atom stereocenters. The molecule has 1 aromatic rings. The molecule has 0 spiro atoms. The van der Waals surface area contributed by atoms with Crippen LogP contribution in [-0.2, 0) is 11.4 Å². The van der Waals surface area contributed by atoms with Gasteiger partial charge in [-0.3, -0.25) is 0 Å². The first kappa shape index (κ1) is 10.0. The van der Waals surface area contributed by atoms with Gasteiger partial charge in [-0.15, -0.1) is 0 Å². The number of hydroxylamine groups is 2. The summed E-state index contributed by atoms with van der Waals surface area (Å²) in [7, 11) is 5.21. The quantitative estimate of drug-likeness (QED) is 0.660. The minimum Gasteiger partial charge on any atom is -0.497 e. The topological polar surface area (TPSA) is 21.7 Å². The lowest BCUT2D eigenvalue weighted by Gasteiger charge is -2.13. The number of benzene rings is 1. The Morgan fingerprint density at radius 1 is 1.15 bits per heavy atom. The van der Waals surface area contributed by atoms with Crippen molar-refractivity contribution in [1.29, 1.82) is 0 Å². The van der Waals surface area contributed by atoms with E-state index in [9.17, 15) is 0 Å². The van der Waals surface area contributed by atoms with Crippen LogP contribution in [0.2, 0.25) is 0 Å². The van der Waals surface area contributed by atoms with Crippen LogP contribution in [-0.4, -0.2) is 26.3 Å². The fraction of sp³-hybridized carbons (Fsp3) is 0.400. The van der Waals surface area contributed by atoms with E-state index in [-0.39, 0.29) is 0 Å². The second-order valence-electron chi connectivity index (χ2n) is 2.82. The zero-order valence-electron chi connectivity index (χ0n) is 8.28. The van der Waals surface area contributed by atoms with Crippen LogP contribution >= 0.6 is 0 Å². The summed E-state index contributed by atoms with van der Waals surface area (Å²) < 4.78 is 5.06. The molecule has 3 nitrogen and oxygen atoms in total. The van der Waals surface area contributed by atoms with Gasteiger partial charge in [0.1, 0.15) is 5.75 Å². The molecule has 13 heavy (non-hydrogen) atoms. The van der Waals surface area contributed by atoms with Crippen LogP contribution in [0.4, 0.5) is 0 Å². The molecule has 0 heterocycles. The molecule has 0 fully saturated rings. The summed E-state index contributed by atoms with van der Waals surface area (Å²) in [5, 5.41) is 1.77. The lowest BCUT2D eigenvalue weighted by atomic mass is 10.2. The zero-order chi connectivity index (χ0) is 9.68. The van der Waals surface area contributed by atoms with Crippen LogP contribution in [0.25, 0.3) is 0 Å². The van der Waals surface area contributed by atoms with Crippen molar-refractivity contribution < 1.29 is 9.57 Å². The number of rotatable bonds is 4. The Balaban J connectivity index is 2.58. The van der Waals surface area contributed by atoms with Crippen LogP contribution in [0.5, 0.6) is 5.75 Å². The Labute approximate surface area is 78.8 Å². The third-order valence-electron chi connectivity index (χ3n) is 1.88. The first-order valence-electron chi connectivity index (χ1n) is 4.14. The molecular weight excluding hydrogens is 166 g/mol. The van der Waals surface area contributed by atoms with Gasteiger partial charge in [0.15, 0.2) is 0 Å². The summed E-state index contributed by atoms with van der Waals surface area (Å²) in [5.74, 6) is 0.879. The van der Waals surface area contributed by atoms with E-state index < -0.39 is 0 Å². The molecule has 72 valence electrons. The van der Waals surface area contributed by atoms with Crippen LogP contribution in [0.1, 0.15) is 5.56 Å². The van der Waals surface area contributed by atoms with Gasteiger partial charge in [0.2, 0.25) is 0 Å². The Bertz CT molecular complexity index is 246. The molecule has 0 atom stereocenters. The van der Waals surface area contributed by atoms with Gasteiger partial charge in [0, 0.05) is 13.6 Å². The highest BCUT2D eigenvalue weighted by Crippen LogP contribution is 2.12. The lowest BCUT2D eigenvalue weighted by molar-refractivity contribution is -0.116. The third kappa shape index (κ3) is 3.05. The fourth-order valence-corrected chi connectivity index (χ4v) is 1.05. The predicted octanol–water partition coefficient (Wildman–Crippen LogP) is 1.69. The average molecular weight is 181 g/mol. The van der Waals surface area contributed by atoms with Crippen molar-refractivity contribution in [2.75, 3.05) is 21.3 Å². The van der Waals surface area contributed by atoms with Crippen molar-refractivity contribution in [3.05, 3.63) is 29.8 Å². The molecule has 0 amide bonds. The highest BCUT2D eigenvalue weighted by atomic mass is 16.7. The number of ether oxygens (including phenoxy) is 1. The van der Waals surface area contributed by atoms with Gasteiger partial charge in [-0.25, -0.2) is 0 Å². The minimum atomic E-state index is 0.778. The normalized spacial score (nSPS) is 10.5. The van der Waals surface area contributed by atoms with E-state index >= 15 is 0 Å². The Morgan fingerprint density at radius 2 is 1.77 bits per heavy atom. The number of nitrogens with zero attached hydrogens (tertiary/aromatic N) is 1. The van der Waals surface area contributed by atoms with Gasteiger partial charge in [-0.2, -0.15) is 5.06 Å². The van der Waals surface area contributed by atoms with E-state index in [1.807, 2.05) is 31.3 Å². The Morgan fingerprint density at radius 3 is 2.23 bits per heavy atom. The molecule has 0 N–H and O–H groups in total. The highest BCUT2D eigenvalue weighted by Gasteiger charge is 1.98. The molecule has 1 aromatic carbocycles. The summed E-state index contributed by atoms with van der Waals surface area (Å²) in [6.07, 6.45) is 0. The Kier molecular flexibility index (Phi) is 3.73. The van der Waals surface area contributed by atoms with Crippen molar-refractivity contribution >= 4 is 0 Å². The Hall–Kier alpha value is -1.06. The van der Waals surface area contributed by atoms with Gasteiger partial charge in [0.05, 0.1) is 14.2 Å². The number of hydrogen-bond donors (Lipinski definition) is 0. The second-order valence-corrected chi connectivity index (χ2v) is 2.82. The van der Waals surface area contributed by atoms with Gasteiger partial charge in [-0.05, 0) is 17.7 Å². The summed E-state index contributed by atoms with van der Waals surface area (Å²) in [6.45, 7) is 0.778. The van der Waals surface area contributed by atoms with Crippen LogP contribution in [0.3, 0.4) is 0 Å². The first-order valence-corrected chi connectivity index (χ1v) is 4.14. The molecule has 0 aliphatic heterocycles. The monoisotopic (exact) mass is 181 g/mol. The average Bonchev–Trinajstić information content (AvgIpc) is 2.19. The van der Waals surface area contributed by atoms with E-state index in [0.717, 1.165) is 12.3 Å². The van der Waals surface area contributed by atoms with E-state index in [1.54, 1.807) is 19.3 Å². The van der Waals surface area contributed by atoms with Crippen molar-refractivity contribution in [3.8, 4) is 5.75 Å². The number of hydrogen-bond acceptors (Lipinski definition) is 3. The van der Waals surface area contributed by atoms with Crippen LogP contribution in [0.15, 0.2) is 24.3 Å². The van der Waals surface area contributed by atoms with Crippen molar-refractivity contribution in [2.24, 2.45) is 0 Å². The molecule has 0 saturated carbocycles. The molecule has 0 aliphatic carbocycles. The van der Waals surface area contributed by atoms with Gasteiger partial charge in [0.25, 0.3) is 0 Å². The van der Waals surface area contributed by atoms with E-state index in [4.69, 9.17) is 9.57 Å². The number of methoxy groups -OCH3 is 1. The molecule has 0 aliphatic rings. The van der Waals surface area contributed by atoms with Crippen molar-refractivity contribution in [1.82, 2.24) is 5.06 Å². The third-order valence-corrected chi connectivity index (χ3v) is 1.88. The maximum absolute atomic E-state index is 5.06. The predicted molar refractivity (Wildman–Crippen MR) is 51.5 cm³/mol. The van der Waals surface area contributed by atoms with E-state index in [2.05, 4.69) is 0 Å². The van der Waals surface area contributed by atoms with Gasteiger partial charge < -0.3 is 9.57 Å². The van der Waals surface area contributed by atoms with E-state index in [0.29, 0.717) is 0 Å². The maximum atomic E-state index is 5.06. The maximum Gasteiger partial charge on any atom is 0.118 e. The lowest BCUT2D eigenvalue weighted by Crippen LogP contribution is -2.15. The molecule has 0 radical (unpaired) electrons. The molecule has 0 aromatic heterocycles. The fourth-order valence-electron chi connectivity index (χ4n) is 1.05. The molecule has 0 saturated heterocycles.